The first kappa shape index (κ1) is 10.6. The highest BCUT2D eigenvalue weighted by Gasteiger charge is 1.98. The molecule has 0 spiro atoms. The van der Waals surface area contributed by atoms with Crippen LogP contribution in [-0.2, 0) is 0 Å². The zero-order chi connectivity index (χ0) is 12.1. The van der Waals surface area contributed by atoms with Crippen molar-refractivity contribution < 1.29 is 0 Å². The summed E-state index contributed by atoms with van der Waals surface area (Å²) in [4.78, 5) is 7.76. The van der Waals surface area contributed by atoms with Gasteiger partial charge >= 0.3 is 0 Å². The highest BCUT2D eigenvalue weighted by Crippen LogP contribution is 2.14. The van der Waals surface area contributed by atoms with Crippen LogP contribution in [0.5, 0.6) is 0 Å². The number of benzene rings is 1. The Morgan fingerprint density at radius 3 is 2.41 bits per heavy atom. The number of rotatable bonds is 2. The number of anilines is 2. The molecule has 5 heteroatoms. The van der Waals surface area contributed by atoms with E-state index in [1.807, 2.05) is 12.1 Å². The molecule has 5 nitrogen and oxygen atoms in total. The van der Waals surface area contributed by atoms with E-state index < -0.39 is 0 Å². The van der Waals surface area contributed by atoms with Crippen LogP contribution in [0.3, 0.4) is 0 Å². The molecule has 0 atom stereocenters. The Hall–Kier alpha value is -2.92. The monoisotopic (exact) mass is 221 g/mol. The summed E-state index contributed by atoms with van der Waals surface area (Å²) in [6.07, 6.45) is 1.32. The first-order valence-electron chi connectivity index (χ1n) is 4.81. The van der Waals surface area contributed by atoms with Gasteiger partial charge in [-0.25, -0.2) is 9.97 Å². The predicted octanol–water partition coefficient (Wildman–Crippen LogP) is 1.96. The number of nitrogens with zero attached hydrogens (tertiary/aromatic N) is 4. The zero-order valence-electron chi connectivity index (χ0n) is 8.75. The third-order valence-corrected chi connectivity index (χ3v) is 2.07. The molecule has 1 N–H and O–H groups in total. The maximum atomic E-state index is 8.69. The molecule has 0 aliphatic heterocycles. The first-order chi connectivity index (χ1) is 8.31. The van der Waals surface area contributed by atoms with Crippen LogP contribution in [-0.4, -0.2) is 9.97 Å². The van der Waals surface area contributed by atoms with Gasteiger partial charge in [-0.05, 0) is 24.3 Å². The second kappa shape index (κ2) is 4.73. The molecule has 0 amide bonds. The molecule has 0 radical (unpaired) electrons. The lowest BCUT2D eigenvalue weighted by molar-refractivity contribution is 1.14. The van der Waals surface area contributed by atoms with Crippen LogP contribution >= 0.6 is 0 Å². The van der Waals surface area contributed by atoms with Crippen LogP contribution < -0.4 is 5.32 Å². The van der Waals surface area contributed by atoms with E-state index >= 15 is 0 Å². The van der Waals surface area contributed by atoms with Crippen molar-refractivity contribution in [3.05, 3.63) is 47.9 Å². The third kappa shape index (κ3) is 2.55. The largest absolute Gasteiger partial charge is 0.340 e. The molecule has 0 bridgehead atoms. The second-order valence-corrected chi connectivity index (χ2v) is 3.21. The van der Waals surface area contributed by atoms with E-state index in [9.17, 15) is 0 Å². The van der Waals surface area contributed by atoms with E-state index in [0.29, 0.717) is 17.1 Å². The van der Waals surface area contributed by atoms with Gasteiger partial charge < -0.3 is 5.32 Å². The van der Waals surface area contributed by atoms with E-state index in [4.69, 9.17) is 10.5 Å². The molecule has 0 aliphatic carbocycles. The average Bonchev–Trinajstić information content (AvgIpc) is 2.40. The molecular weight excluding hydrogens is 214 g/mol. The van der Waals surface area contributed by atoms with E-state index in [-0.39, 0.29) is 0 Å². The summed E-state index contributed by atoms with van der Waals surface area (Å²) in [6.45, 7) is 0. The van der Waals surface area contributed by atoms with Crippen LogP contribution in [0.1, 0.15) is 11.3 Å². The Bertz CT molecular complexity index is 604. The molecule has 0 aliphatic rings. The van der Waals surface area contributed by atoms with Crippen molar-refractivity contribution >= 4 is 11.5 Å². The Labute approximate surface area is 98.0 Å². The van der Waals surface area contributed by atoms with Crippen molar-refractivity contribution in [1.82, 2.24) is 9.97 Å². The van der Waals surface area contributed by atoms with E-state index in [1.165, 1.54) is 6.33 Å². The highest BCUT2D eigenvalue weighted by molar-refractivity contribution is 5.57. The van der Waals surface area contributed by atoms with Crippen molar-refractivity contribution in [3.63, 3.8) is 0 Å². The van der Waals surface area contributed by atoms with Crippen LogP contribution in [0, 0.1) is 22.7 Å². The van der Waals surface area contributed by atoms with Crippen LogP contribution in [0.2, 0.25) is 0 Å². The summed E-state index contributed by atoms with van der Waals surface area (Å²) in [5.41, 5.74) is 1.69. The number of nitrogens with one attached hydrogen (secondary N) is 1. The van der Waals surface area contributed by atoms with Gasteiger partial charge in [-0.1, -0.05) is 0 Å². The number of aromatic nitrogens is 2. The molecule has 0 saturated carbocycles. The maximum absolute atomic E-state index is 8.69. The van der Waals surface area contributed by atoms with Crippen molar-refractivity contribution in [1.29, 1.82) is 10.5 Å². The van der Waals surface area contributed by atoms with Gasteiger partial charge in [0.05, 0.1) is 11.6 Å². The molecule has 1 heterocycles. The van der Waals surface area contributed by atoms with Crippen molar-refractivity contribution in [3.8, 4) is 12.1 Å². The van der Waals surface area contributed by atoms with E-state index in [1.54, 1.807) is 30.3 Å². The molecule has 0 saturated heterocycles. The lowest BCUT2D eigenvalue weighted by Gasteiger charge is -2.04. The normalized spacial score (nSPS) is 9.06. The Morgan fingerprint density at radius 1 is 1.00 bits per heavy atom. The van der Waals surface area contributed by atoms with Gasteiger partial charge in [0, 0.05) is 11.8 Å². The fourth-order valence-electron chi connectivity index (χ4n) is 1.26. The zero-order valence-corrected chi connectivity index (χ0v) is 8.75. The number of hydrogen-bond donors (Lipinski definition) is 1. The summed E-state index contributed by atoms with van der Waals surface area (Å²) >= 11 is 0. The summed E-state index contributed by atoms with van der Waals surface area (Å²) < 4.78 is 0. The molecule has 1 aromatic carbocycles. The van der Waals surface area contributed by atoms with Crippen LogP contribution in [0.15, 0.2) is 36.7 Å². The second-order valence-electron chi connectivity index (χ2n) is 3.21. The average molecular weight is 221 g/mol. The van der Waals surface area contributed by atoms with E-state index in [0.717, 1.165) is 5.69 Å². The van der Waals surface area contributed by atoms with Crippen LogP contribution in [0.25, 0.3) is 0 Å². The SMILES string of the molecule is N#Cc1ccc(Nc2cc(C#N)ncn2)cc1. The fourth-order valence-corrected chi connectivity index (χ4v) is 1.26. The Morgan fingerprint density at radius 2 is 1.76 bits per heavy atom. The molecule has 80 valence electrons. The summed E-state index contributed by atoms with van der Waals surface area (Å²) in [5.74, 6) is 0.543. The van der Waals surface area contributed by atoms with Gasteiger partial charge in [0.1, 0.15) is 23.9 Å². The Kier molecular flexibility index (Phi) is 2.95. The Balaban J connectivity index is 2.20. The number of nitriles is 2. The van der Waals surface area contributed by atoms with Crippen molar-refractivity contribution in [2.45, 2.75) is 0 Å². The van der Waals surface area contributed by atoms with Gasteiger partial charge in [0.2, 0.25) is 0 Å². The quantitative estimate of drug-likeness (QED) is 0.837. The first-order valence-corrected chi connectivity index (χ1v) is 4.81. The maximum Gasteiger partial charge on any atom is 0.145 e. The molecular formula is C12H7N5. The number of hydrogen-bond acceptors (Lipinski definition) is 5. The smallest absolute Gasteiger partial charge is 0.145 e. The summed E-state index contributed by atoms with van der Waals surface area (Å²) in [7, 11) is 0. The topological polar surface area (TPSA) is 85.4 Å². The molecule has 2 aromatic rings. The summed E-state index contributed by atoms with van der Waals surface area (Å²) in [5, 5.41) is 20.4. The van der Waals surface area contributed by atoms with Gasteiger partial charge in [-0.3, -0.25) is 0 Å². The molecule has 1 aromatic heterocycles. The fraction of sp³-hybridized carbons (Fsp3) is 0. The molecule has 2 rings (SSSR count). The highest BCUT2D eigenvalue weighted by atomic mass is 15.0. The minimum Gasteiger partial charge on any atom is -0.340 e. The lowest BCUT2D eigenvalue weighted by atomic mass is 10.2. The standard InChI is InChI=1S/C12H7N5/c13-6-9-1-3-10(4-2-9)17-12-5-11(7-14)15-8-16-12/h1-5,8H,(H,15,16,17). The minimum atomic E-state index is 0.302. The minimum absolute atomic E-state index is 0.302. The van der Waals surface area contributed by atoms with Gasteiger partial charge in [-0.2, -0.15) is 10.5 Å². The lowest BCUT2D eigenvalue weighted by Crippen LogP contribution is -1.95. The summed E-state index contributed by atoms with van der Waals surface area (Å²) in [6, 6.07) is 12.5. The third-order valence-electron chi connectivity index (χ3n) is 2.07. The molecule has 0 fully saturated rings. The van der Waals surface area contributed by atoms with Crippen molar-refractivity contribution in [2.24, 2.45) is 0 Å². The van der Waals surface area contributed by atoms with Crippen LogP contribution in [0.4, 0.5) is 11.5 Å². The van der Waals surface area contributed by atoms with Gasteiger partial charge in [0.25, 0.3) is 0 Å². The van der Waals surface area contributed by atoms with E-state index in [2.05, 4.69) is 15.3 Å². The van der Waals surface area contributed by atoms with Crippen molar-refractivity contribution in [2.75, 3.05) is 5.32 Å². The predicted molar refractivity (Wildman–Crippen MR) is 61.2 cm³/mol. The molecule has 0 unspecified atom stereocenters. The molecule has 17 heavy (non-hydrogen) atoms. The van der Waals surface area contributed by atoms with Gasteiger partial charge in [0.15, 0.2) is 0 Å². The van der Waals surface area contributed by atoms with Gasteiger partial charge in [-0.15, -0.1) is 0 Å².